The Morgan fingerprint density at radius 1 is 1.32 bits per heavy atom. The number of rotatable bonds is 4. The summed E-state index contributed by atoms with van der Waals surface area (Å²) in [6, 6.07) is 3.12. The molecule has 1 saturated heterocycles. The minimum absolute atomic E-state index is 0. The molecule has 144 valence electrons. The first-order chi connectivity index (χ1) is 10.8. The third-order valence-electron chi connectivity index (χ3n) is 3.64. The van der Waals surface area contributed by atoms with Crippen LogP contribution < -0.4 is 10.1 Å². The number of alkyl halides is 3. The lowest BCUT2D eigenvalue weighted by Gasteiger charge is -2.35. The fraction of sp³-hybridized carbons (Fsp3) is 0.533. The van der Waals surface area contributed by atoms with Gasteiger partial charge < -0.3 is 15.2 Å². The number of nitrogens with one attached hydrogen (secondary N) is 1. The van der Waals surface area contributed by atoms with Crippen molar-refractivity contribution in [2.75, 3.05) is 26.2 Å². The SMILES string of the molecule is CC(=O)Oc1ccc([C@@H](CC(F)(F)F)N2CCNCC2)cc1O.Cl.Cl. The van der Waals surface area contributed by atoms with Gasteiger partial charge >= 0.3 is 12.1 Å². The van der Waals surface area contributed by atoms with Crippen molar-refractivity contribution >= 4 is 30.8 Å². The van der Waals surface area contributed by atoms with Gasteiger partial charge in [0.05, 0.1) is 6.42 Å². The molecule has 2 N–H and O–H groups in total. The lowest BCUT2D eigenvalue weighted by atomic mass is 10.00. The average molecular weight is 405 g/mol. The third-order valence-corrected chi connectivity index (χ3v) is 3.64. The number of piperazine rings is 1. The largest absolute Gasteiger partial charge is 0.504 e. The van der Waals surface area contributed by atoms with Gasteiger partial charge in [0.1, 0.15) is 0 Å². The molecule has 0 aliphatic carbocycles. The number of benzene rings is 1. The van der Waals surface area contributed by atoms with E-state index in [2.05, 4.69) is 5.32 Å². The van der Waals surface area contributed by atoms with E-state index in [1.54, 1.807) is 4.90 Å². The van der Waals surface area contributed by atoms with E-state index in [-0.39, 0.29) is 36.3 Å². The van der Waals surface area contributed by atoms with Gasteiger partial charge in [-0.05, 0) is 17.7 Å². The normalized spacial score (nSPS) is 16.3. The molecule has 1 aromatic carbocycles. The van der Waals surface area contributed by atoms with Crippen LogP contribution in [-0.4, -0.2) is 48.3 Å². The topological polar surface area (TPSA) is 61.8 Å². The van der Waals surface area contributed by atoms with Crippen LogP contribution in [0.25, 0.3) is 0 Å². The van der Waals surface area contributed by atoms with Crippen LogP contribution in [0, 0.1) is 0 Å². The van der Waals surface area contributed by atoms with Crippen LogP contribution in [0.4, 0.5) is 13.2 Å². The monoisotopic (exact) mass is 404 g/mol. The van der Waals surface area contributed by atoms with Crippen molar-refractivity contribution in [2.24, 2.45) is 0 Å². The van der Waals surface area contributed by atoms with Crippen LogP contribution in [0.15, 0.2) is 18.2 Å². The molecule has 1 aromatic rings. The minimum Gasteiger partial charge on any atom is -0.504 e. The number of phenols is 1. The predicted octanol–water partition coefficient (Wildman–Crippen LogP) is 3.06. The second-order valence-electron chi connectivity index (χ2n) is 5.44. The number of ether oxygens (including phenoxy) is 1. The molecule has 0 aromatic heterocycles. The van der Waals surface area contributed by atoms with E-state index in [4.69, 9.17) is 4.74 Å². The molecule has 0 radical (unpaired) electrons. The number of hydrogen-bond donors (Lipinski definition) is 2. The quantitative estimate of drug-likeness (QED) is 0.596. The Balaban J connectivity index is 0.00000288. The molecule has 1 heterocycles. The molecule has 0 saturated carbocycles. The highest BCUT2D eigenvalue weighted by Gasteiger charge is 2.36. The van der Waals surface area contributed by atoms with E-state index < -0.39 is 24.6 Å². The molecule has 5 nitrogen and oxygen atoms in total. The van der Waals surface area contributed by atoms with E-state index in [0.717, 1.165) is 0 Å². The summed E-state index contributed by atoms with van der Waals surface area (Å²) < 4.78 is 43.6. The second-order valence-corrected chi connectivity index (χ2v) is 5.44. The summed E-state index contributed by atoms with van der Waals surface area (Å²) in [5, 5.41) is 13.0. The van der Waals surface area contributed by atoms with E-state index in [1.165, 1.54) is 25.1 Å². The molecule has 25 heavy (non-hydrogen) atoms. The van der Waals surface area contributed by atoms with E-state index in [1.807, 2.05) is 0 Å². The summed E-state index contributed by atoms with van der Waals surface area (Å²) >= 11 is 0. The maximum absolute atomic E-state index is 12.9. The first-order valence-electron chi connectivity index (χ1n) is 7.29. The summed E-state index contributed by atoms with van der Waals surface area (Å²) in [6.07, 6.45) is -5.32. The number of hydrogen-bond acceptors (Lipinski definition) is 5. The molecule has 0 spiro atoms. The minimum atomic E-state index is -4.32. The maximum atomic E-state index is 12.9. The van der Waals surface area contributed by atoms with Gasteiger partial charge in [-0.3, -0.25) is 9.69 Å². The molecule has 1 atom stereocenters. The van der Waals surface area contributed by atoms with Gasteiger partial charge in [0.15, 0.2) is 11.5 Å². The van der Waals surface area contributed by atoms with Crippen LogP contribution in [0.1, 0.15) is 24.9 Å². The lowest BCUT2D eigenvalue weighted by molar-refractivity contribution is -0.148. The van der Waals surface area contributed by atoms with Crippen LogP contribution in [0.5, 0.6) is 11.5 Å². The lowest BCUT2D eigenvalue weighted by Crippen LogP contribution is -2.46. The van der Waals surface area contributed by atoms with Gasteiger partial charge in [0.25, 0.3) is 0 Å². The fourth-order valence-electron chi connectivity index (χ4n) is 2.65. The fourth-order valence-corrected chi connectivity index (χ4v) is 2.65. The smallest absolute Gasteiger partial charge is 0.390 e. The number of aromatic hydroxyl groups is 1. The molecule has 2 rings (SSSR count). The Morgan fingerprint density at radius 2 is 1.92 bits per heavy atom. The first-order valence-corrected chi connectivity index (χ1v) is 7.29. The van der Waals surface area contributed by atoms with Gasteiger partial charge in [0.2, 0.25) is 0 Å². The zero-order valence-corrected chi connectivity index (χ0v) is 15.1. The summed E-state index contributed by atoms with van der Waals surface area (Å²) in [5.74, 6) is -1.02. The third kappa shape index (κ3) is 7.27. The first kappa shape index (κ1) is 23.8. The highest BCUT2D eigenvalue weighted by atomic mass is 35.5. The summed E-state index contributed by atoms with van der Waals surface area (Å²) in [5.41, 5.74) is 0.345. The zero-order chi connectivity index (χ0) is 17.0. The number of carbonyl (C=O) groups excluding carboxylic acids is 1. The van der Waals surface area contributed by atoms with Crippen molar-refractivity contribution in [3.05, 3.63) is 23.8 Å². The van der Waals surface area contributed by atoms with Crippen LogP contribution in [-0.2, 0) is 4.79 Å². The van der Waals surface area contributed by atoms with Crippen molar-refractivity contribution in [1.29, 1.82) is 0 Å². The van der Waals surface area contributed by atoms with Crippen LogP contribution in [0.3, 0.4) is 0 Å². The Labute approximate surface area is 156 Å². The average Bonchev–Trinajstić information content (AvgIpc) is 2.46. The number of esters is 1. The highest BCUT2D eigenvalue weighted by Crippen LogP contribution is 2.37. The molecule has 0 amide bonds. The summed E-state index contributed by atoms with van der Waals surface area (Å²) in [4.78, 5) is 12.7. The molecular weight excluding hydrogens is 384 g/mol. The van der Waals surface area contributed by atoms with Gasteiger partial charge in [-0.1, -0.05) is 6.07 Å². The summed E-state index contributed by atoms with van der Waals surface area (Å²) in [7, 11) is 0. The molecule has 1 aliphatic heterocycles. The molecule has 1 aliphatic rings. The van der Waals surface area contributed by atoms with E-state index in [0.29, 0.717) is 31.7 Å². The van der Waals surface area contributed by atoms with Gasteiger partial charge in [-0.15, -0.1) is 24.8 Å². The maximum Gasteiger partial charge on any atom is 0.390 e. The van der Waals surface area contributed by atoms with Crippen molar-refractivity contribution in [2.45, 2.75) is 25.6 Å². The Kier molecular flexibility index (Phi) is 9.57. The number of phenolic OH excluding ortho intramolecular Hbond substituents is 1. The number of nitrogens with zero attached hydrogens (tertiary/aromatic N) is 1. The summed E-state index contributed by atoms with van der Waals surface area (Å²) in [6.45, 7) is 3.40. The Hall–Kier alpha value is -1.22. The van der Waals surface area contributed by atoms with Crippen molar-refractivity contribution < 1.29 is 27.8 Å². The molecular formula is C15H21Cl2F3N2O3. The Bertz CT molecular complexity index is 567. The van der Waals surface area contributed by atoms with Crippen LogP contribution in [0.2, 0.25) is 0 Å². The number of carbonyl (C=O) groups is 1. The predicted molar refractivity (Wildman–Crippen MR) is 91.8 cm³/mol. The molecule has 10 heteroatoms. The molecule has 0 unspecified atom stereocenters. The van der Waals surface area contributed by atoms with Gasteiger partial charge in [0, 0.05) is 39.1 Å². The highest BCUT2D eigenvalue weighted by molar-refractivity contribution is 5.85. The van der Waals surface area contributed by atoms with E-state index >= 15 is 0 Å². The van der Waals surface area contributed by atoms with Crippen molar-refractivity contribution in [1.82, 2.24) is 10.2 Å². The number of halogens is 5. The van der Waals surface area contributed by atoms with Gasteiger partial charge in [-0.2, -0.15) is 13.2 Å². The second kappa shape index (κ2) is 10.1. The van der Waals surface area contributed by atoms with Crippen LogP contribution >= 0.6 is 24.8 Å². The van der Waals surface area contributed by atoms with Crippen molar-refractivity contribution in [3.8, 4) is 11.5 Å². The zero-order valence-electron chi connectivity index (χ0n) is 13.5. The van der Waals surface area contributed by atoms with Gasteiger partial charge in [-0.25, -0.2) is 0 Å². The molecule has 1 fully saturated rings. The standard InChI is InChI=1S/C15H19F3N2O3.2ClH/c1-10(21)23-14-3-2-11(8-13(14)22)12(9-15(16,17)18)20-6-4-19-5-7-20;;/h2-3,8,12,19,22H,4-7,9H2,1H3;2*1H/t12-;;/m1../s1. The molecule has 0 bridgehead atoms. The van der Waals surface area contributed by atoms with E-state index in [9.17, 15) is 23.1 Å². The Morgan fingerprint density at radius 3 is 2.40 bits per heavy atom. The van der Waals surface area contributed by atoms with Crippen molar-refractivity contribution in [3.63, 3.8) is 0 Å².